The van der Waals surface area contributed by atoms with Gasteiger partial charge in [-0.15, -0.1) is 0 Å². The fraction of sp³-hybridized carbons (Fsp3) is 0.625. The summed E-state index contributed by atoms with van der Waals surface area (Å²) in [5.41, 5.74) is 7.59. The minimum Gasteiger partial charge on any atom is -0.496 e. The van der Waals surface area contributed by atoms with E-state index in [1.165, 1.54) is 24.8 Å². The van der Waals surface area contributed by atoms with Crippen molar-refractivity contribution in [2.45, 2.75) is 52.0 Å². The number of hydrogen-bond acceptors (Lipinski definition) is 2. The van der Waals surface area contributed by atoms with Crippen molar-refractivity contribution in [2.24, 2.45) is 11.7 Å². The Kier molecular flexibility index (Phi) is 6.81. The van der Waals surface area contributed by atoms with Gasteiger partial charge in [0.2, 0.25) is 0 Å². The standard InChI is InChI=1S/C16H27NO/c1-4-6-9-13(5-2)15(17)12-14-10-7-8-11-16(14)18-3/h7-8,10-11,13,15H,4-6,9,12,17H2,1-3H3. The average molecular weight is 249 g/mol. The molecule has 0 radical (unpaired) electrons. The zero-order valence-corrected chi connectivity index (χ0v) is 12.0. The van der Waals surface area contributed by atoms with E-state index in [-0.39, 0.29) is 6.04 Å². The second kappa shape index (κ2) is 8.15. The minimum absolute atomic E-state index is 0.234. The van der Waals surface area contributed by atoms with Crippen LogP contribution in [0, 0.1) is 5.92 Å². The fourth-order valence-corrected chi connectivity index (χ4v) is 2.48. The molecule has 0 heterocycles. The van der Waals surface area contributed by atoms with Gasteiger partial charge in [0.1, 0.15) is 5.75 Å². The van der Waals surface area contributed by atoms with Crippen LogP contribution in [0.25, 0.3) is 0 Å². The maximum Gasteiger partial charge on any atom is 0.122 e. The third-order valence-corrected chi connectivity index (χ3v) is 3.71. The van der Waals surface area contributed by atoms with E-state index in [2.05, 4.69) is 26.0 Å². The van der Waals surface area contributed by atoms with Crippen molar-refractivity contribution >= 4 is 0 Å². The van der Waals surface area contributed by atoms with Crippen LogP contribution < -0.4 is 10.5 Å². The van der Waals surface area contributed by atoms with Crippen LogP contribution in [0.4, 0.5) is 0 Å². The highest BCUT2D eigenvalue weighted by Crippen LogP contribution is 2.23. The molecule has 2 heteroatoms. The lowest BCUT2D eigenvalue weighted by molar-refractivity contribution is 0.361. The van der Waals surface area contributed by atoms with Gasteiger partial charge in [0, 0.05) is 6.04 Å². The molecule has 2 atom stereocenters. The van der Waals surface area contributed by atoms with Gasteiger partial charge in [0.05, 0.1) is 7.11 Å². The first-order chi connectivity index (χ1) is 8.72. The van der Waals surface area contributed by atoms with E-state index < -0.39 is 0 Å². The molecule has 0 aromatic heterocycles. The largest absolute Gasteiger partial charge is 0.496 e. The fourth-order valence-electron chi connectivity index (χ4n) is 2.48. The number of benzene rings is 1. The number of methoxy groups -OCH3 is 1. The summed E-state index contributed by atoms with van der Waals surface area (Å²) in [6.07, 6.45) is 5.84. The molecule has 0 bridgehead atoms. The molecule has 0 amide bonds. The highest BCUT2D eigenvalue weighted by Gasteiger charge is 2.17. The van der Waals surface area contributed by atoms with Crippen molar-refractivity contribution < 1.29 is 4.74 Å². The average Bonchev–Trinajstić information content (AvgIpc) is 2.40. The summed E-state index contributed by atoms with van der Waals surface area (Å²) in [5.74, 6) is 1.58. The highest BCUT2D eigenvalue weighted by atomic mass is 16.5. The first-order valence-electron chi connectivity index (χ1n) is 7.10. The Labute approximate surface area is 112 Å². The lowest BCUT2D eigenvalue weighted by Gasteiger charge is -2.23. The van der Waals surface area contributed by atoms with Gasteiger partial charge >= 0.3 is 0 Å². The Morgan fingerprint density at radius 3 is 2.56 bits per heavy atom. The predicted octanol–water partition coefficient (Wildman–Crippen LogP) is 3.78. The lowest BCUT2D eigenvalue weighted by Crippen LogP contribution is -2.32. The van der Waals surface area contributed by atoms with Crippen LogP contribution >= 0.6 is 0 Å². The predicted molar refractivity (Wildman–Crippen MR) is 78.0 cm³/mol. The zero-order valence-electron chi connectivity index (χ0n) is 12.0. The number of para-hydroxylation sites is 1. The number of nitrogens with two attached hydrogens (primary N) is 1. The normalized spacial score (nSPS) is 14.2. The quantitative estimate of drug-likeness (QED) is 0.761. The molecule has 0 aliphatic rings. The molecule has 2 unspecified atom stereocenters. The van der Waals surface area contributed by atoms with Crippen molar-refractivity contribution in [1.29, 1.82) is 0 Å². The summed E-state index contributed by atoms with van der Waals surface area (Å²) in [5, 5.41) is 0. The van der Waals surface area contributed by atoms with Gasteiger partial charge in [-0.25, -0.2) is 0 Å². The molecule has 102 valence electrons. The summed E-state index contributed by atoms with van der Waals surface area (Å²) < 4.78 is 5.39. The first-order valence-corrected chi connectivity index (χ1v) is 7.10. The SMILES string of the molecule is CCCCC(CC)C(N)Cc1ccccc1OC. The van der Waals surface area contributed by atoms with Gasteiger partial charge in [-0.2, -0.15) is 0 Å². The van der Waals surface area contributed by atoms with Crippen LogP contribution in [0.3, 0.4) is 0 Å². The van der Waals surface area contributed by atoms with Gasteiger partial charge in [0.15, 0.2) is 0 Å². The van der Waals surface area contributed by atoms with E-state index in [0.29, 0.717) is 5.92 Å². The van der Waals surface area contributed by atoms with E-state index >= 15 is 0 Å². The van der Waals surface area contributed by atoms with Crippen molar-refractivity contribution in [3.05, 3.63) is 29.8 Å². The molecule has 2 nitrogen and oxygen atoms in total. The highest BCUT2D eigenvalue weighted by molar-refractivity contribution is 5.33. The second-order valence-corrected chi connectivity index (χ2v) is 4.99. The number of ether oxygens (including phenoxy) is 1. The van der Waals surface area contributed by atoms with E-state index in [0.717, 1.165) is 18.6 Å². The minimum atomic E-state index is 0.234. The zero-order chi connectivity index (χ0) is 13.4. The molecule has 0 aliphatic carbocycles. The van der Waals surface area contributed by atoms with Gasteiger partial charge < -0.3 is 10.5 Å². The van der Waals surface area contributed by atoms with Crippen LogP contribution in [0.5, 0.6) is 5.75 Å². The molecule has 0 spiro atoms. The Morgan fingerprint density at radius 1 is 1.22 bits per heavy atom. The molecule has 0 fully saturated rings. The van der Waals surface area contributed by atoms with Crippen LogP contribution in [0.1, 0.15) is 45.1 Å². The van der Waals surface area contributed by atoms with Crippen molar-refractivity contribution in [3.8, 4) is 5.75 Å². The second-order valence-electron chi connectivity index (χ2n) is 4.99. The molecule has 0 saturated carbocycles. The van der Waals surface area contributed by atoms with E-state index in [1.54, 1.807) is 7.11 Å². The maximum atomic E-state index is 6.37. The third kappa shape index (κ3) is 4.34. The van der Waals surface area contributed by atoms with Crippen LogP contribution in [0.2, 0.25) is 0 Å². The van der Waals surface area contributed by atoms with E-state index in [9.17, 15) is 0 Å². The molecular weight excluding hydrogens is 222 g/mol. The van der Waals surface area contributed by atoms with Gasteiger partial charge in [-0.3, -0.25) is 0 Å². The summed E-state index contributed by atoms with van der Waals surface area (Å²) in [6.45, 7) is 4.47. The van der Waals surface area contributed by atoms with Crippen LogP contribution in [-0.2, 0) is 6.42 Å². The molecule has 2 N–H and O–H groups in total. The van der Waals surface area contributed by atoms with Gasteiger partial charge in [-0.1, -0.05) is 51.3 Å². The van der Waals surface area contributed by atoms with Gasteiger partial charge in [-0.05, 0) is 30.4 Å². The Balaban J connectivity index is 2.63. The Hall–Kier alpha value is -1.02. The van der Waals surface area contributed by atoms with Crippen molar-refractivity contribution in [3.63, 3.8) is 0 Å². The maximum absolute atomic E-state index is 6.37. The summed E-state index contributed by atoms with van der Waals surface area (Å²) >= 11 is 0. The first kappa shape index (κ1) is 15.0. The van der Waals surface area contributed by atoms with Gasteiger partial charge in [0.25, 0.3) is 0 Å². The van der Waals surface area contributed by atoms with Crippen molar-refractivity contribution in [2.75, 3.05) is 7.11 Å². The summed E-state index contributed by atoms with van der Waals surface area (Å²) in [4.78, 5) is 0. The smallest absolute Gasteiger partial charge is 0.122 e. The van der Waals surface area contributed by atoms with E-state index in [4.69, 9.17) is 10.5 Å². The summed E-state index contributed by atoms with van der Waals surface area (Å²) in [7, 11) is 1.72. The monoisotopic (exact) mass is 249 g/mol. The molecule has 0 saturated heterocycles. The van der Waals surface area contributed by atoms with Crippen molar-refractivity contribution in [1.82, 2.24) is 0 Å². The Bertz CT molecular complexity index is 338. The Morgan fingerprint density at radius 2 is 1.94 bits per heavy atom. The topological polar surface area (TPSA) is 35.2 Å². The lowest BCUT2D eigenvalue weighted by atomic mass is 9.88. The van der Waals surface area contributed by atoms with Crippen LogP contribution in [-0.4, -0.2) is 13.2 Å². The van der Waals surface area contributed by atoms with E-state index in [1.807, 2.05) is 12.1 Å². The summed E-state index contributed by atoms with van der Waals surface area (Å²) in [6, 6.07) is 8.41. The van der Waals surface area contributed by atoms with Crippen LogP contribution in [0.15, 0.2) is 24.3 Å². The number of hydrogen-bond donors (Lipinski definition) is 1. The molecule has 1 rings (SSSR count). The third-order valence-electron chi connectivity index (χ3n) is 3.71. The molecule has 0 aliphatic heterocycles. The molecule has 1 aromatic rings. The molecule has 18 heavy (non-hydrogen) atoms. The molecular formula is C16H27NO. The number of unbranched alkanes of at least 4 members (excludes halogenated alkanes) is 1. The number of rotatable bonds is 8. The molecule has 1 aromatic carbocycles.